The van der Waals surface area contributed by atoms with E-state index < -0.39 is 0 Å². The lowest BCUT2D eigenvalue weighted by molar-refractivity contribution is -0.0418. The Morgan fingerprint density at radius 2 is 2.08 bits per heavy atom. The second kappa shape index (κ2) is 6.28. The zero-order chi connectivity index (χ0) is 17.6. The minimum atomic E-state index is -0.112. The molecule has 134 valence electrons. The first-order valence-electron chi connectivity index (χ1n) is 9.50. The third-order valence-electron chi connectivity index (χ3n) is 5.92. The largest absolute Gasteiger partial charge is 0.381 e. The molecule has 3 heteroatoms. The van der Waals surface area contributed by atoms with Crippen LogP contribution >= 0.6 is 0 Å². The molecule has 4 atom stereocenters. The summed E-state index contributed by atoms with van der Waals surface area (Å²) >= 11 is 0. The van der Waals surface area contributed by atoms with Crippen molar-refractivity contribution in [1.82, 2.24) is 0 Å². The molecular weight excluding hydrogens is 313 g/mol. The molecule has 3 aliphatic rings. The van der Waals surface area contributed by atoms with Crippen LogP contribution in [0.15, 0.2) is 42.3 Å². The highest BCUT2D eigenvalue weighted by atomic mass is 19.1. The van der Waals surface area contributed by atoms with E-state index in [0.29, 0.717) is 17.9 Å². The van der Waals surface area contributed by atoms with E-state index in [0.717, 1.165) is 25.9 Å². The monoisotopic (exact) mass is 341 g/mol. The standard InChI is InChI=1S/C22H28FNO/c1-22(2,3)15-8-11-19-18(13-15)21-17(5-4-12-25-21)20(24-19)14-6-9-16(23)10-7-14/h6,8-11,13-14,17,20-21,24H,4-5,7,12H2,1-3H3/t14?,17-,20-,21-/m1/s1. The highest BCUT2D eigenvalue weighted by Gasteiger charge is 2.42. The normalized spacial score (nSPS) is 31.6. The van der Waals surface area contributed by atoms with Gasteiger partial charge in [-0.2, -0.15) is 0 Å². The summed E-state index contributed by atoms with van der Waals surface area (Å²) in [4.78, 5) is 0. The molecule has 1 aromatic carbocycles. The molecule has 25 heavy (non-hydrogen) atoms. The summed E-state index contributed by atoms with van der Waals surface area (Å²) in [6.07, 6.45) is 8.55. The quantitative estimate of drug-likeness (QED) is 0.710. The lowest BCUT2D eigenvalue weighted by Crippen LogP contribution is -2.45. The molecule has 1 N–H and O–H groups in total. The highest BCUT2D eigenvalue weighted by molar-refractivity contribution is 5.58. The van der Waals surface area contributed by atoms with Crippen molar-refractivity contribution in [3.05, 3.63) is 53.4 Å². The van der Waals surface area contributed by atoms with E-state index >= 15 is 0 Å². The number of anilines is 1. The number of allylic oxidation sites excluding steroid dienone is 3. The summed E-state index contributed by atoms with van der Waals surface area (Å²) in [6.45, 7) is 7.59. The van der Waals surface area contributed by atoms with Gasteiger partial charge in [-0.15, -0.1) is 0 Å². The third kappa shape index (κ3) is 3.15. The van der Waals surface area contributed by atoms with E-state index in [-0.39, 0.29) is 17.3 Å². The summed E-state index contributed by atoms with van der Waals surface area (Å²) < 4.78 is 19.6. The van der Waals surface area contributed by atoms with Crippen LogP contribution < -0.4 is 5.32 Å². The van der Waals surface area contributed by atoms with E-state index in [9.17, 15) is 4.39 Å². The van der Waals surface area contributed by atoms with Gasteiger partial charge in [-0.1, -0.05) is 39.0 Å². The van der Waals surface area contributed by atoms with Gasteiger partial charge < -0.3 is 10.1 Å². The number of hydrogen-bond acceptors (Lipinski definition) is 2. The summed E-state index contributed by atoms with van der Waals surface area (Å²) in [6, 6.07) is 7.07. The lowest BCUT2D eigenvalue weighted by atomic mass is 9.73. The molecule has 0 aromatic heterocycles. The molecule has 1 unspecified atom stereocenters. The Bertz CT molecular complexity index is 715. The van der Waals surface area contributed by atoms with Crippen molar-refractivity contribution in [3.8, 4) is 0 Å². The van der Waals surface area contributed by atoms with E-state index in [1.807, 2.05) is 6.08 Å². The van der Waals surface area contributed by atoms with Crippen LogP contribution in [0.1, 0.15) is 57.3 Å². The summed E-state index contributed by atoms with van der Waals surface area (Å²) in [5.41, 5.74) is 3.96. The van der Waals surface area contributed by atoms with Gasteiger partial charge in [-0.25, -0.2) is 4.39 Å². The zero-order valence-corrected chi connectivity index (χ0v) is 15.4. The molecular formula is C22H28FNO. The van der Waals surface area contributed by atoms with E-state index in [4.69, 9.17) is 4.74 Å². The van der Waals surface area contributed by atoms with Crippen LogP contribution in [-0.4, -0.2) is 12.6 Å². The molecule has 0 bridgehead atoms. The number of fused-ring (bicyclic) bond motifs is 3. The van der Waals surface area contributed by atoms with Crippen LogP contribution in [0.3, 0.4) is 0 Å². The Balaban J connectivity index is 1.69. The first-order chi connectivity index (χ1) is 11.9. The second-order valence-electron chi connectivity index (χ2n) is 8.67. The van der Waals surface area contributed by atoms with Gasteiger partial charge in [-0.3, -0.25) is 0 Å². The molecule has 2 heterocycles. The summed E-state index contributed by atoms with van der Waals surface area (Å²) in [7, 11) is 0. The smallest absolute Gasteiger partial charge is 0.118 e. The molecule has 0 amide bonds. The van der Waals surface area contributed by atoms with Crippen molar-refractivity contribution in [3.63, 3.8) is 0 Å². The molecule has 1 aliphatic carbocycles. The van der Waals surface area contributed by atoms with Crippen LogP contribution in [0.4, 0.5) is 10.1 Å². The maximum Gasteiger partial charge on any atom is 0.118 e. The van der Waals surface area contributed by atoms with Gasteiger partial charge in [0, 0.05) is 35.7 Å². The van der Waals surface area contributed by atoms with Crippen molar-refractivity contribution in [2.75, 3.05) is 11.9 Å². The van der Waals surface area contributed by atoms with Crippen LogP contribution in [0, 0.1) is 11.8 Å². The molecule has 1 saturated heterocycles. The minimum Gasteiger partial charge on any atom is -0.381 e. The maximum atomic E-state index is 13.4. The minimum absolute atomic E-state index is 0.112. The van der Waals surface area contributed by atoms with Gasteiger partial charge in [0.25, 0.3) is 0 Å². The van der Waals surface area contributed by atoms with E-state index in [2.05, 4.69) is 44.3 Å². The van der Waals surface area contributed by atoms with Crippen molar-refractivity contribution < 1.29 is 9.13 Å². The number of benzene rings is 1. The SMILES string of the molecule is CC(C)(C)c1ccc2c(c1)[C@@H]1OCCC[C@@H]1[C@@H](C1C=CC(F)=CC1)N2. The van der Waals surface area contributed by atoms with Crippen molar-refractivity contribution >= 4 is 5.69 Å². The molecule has 2 aliphatic heterocycles. The molecule has 1 aromatic rings. The topological polar surface area (TPSA) is 21.3 Å². The van der Waals surface area contributed by atoms with Gasteiger partial charge in [0.1, 0.15) is 5.83 Å². The van der Waals surface area contributed by atoms with Gasteiger partial charge in [0.2, 0.25) is 0 Å². The highest BCUT2D eigenvalue weighted by Crippen LogP contribution is 2.47. The molecule has 0 saturated carbocycles. The van der Waals surface area contributed by atoms with Crippen LogP contribution in [0.25, 0.3) is 0 Å². The Kier molecular flexibility index (Phi) is 4.23. The zero-order valence-electron chi connectivity index (χ0n) is 15.4. The maximum absolute atomic E-state index is 13.4. The first-order valence-corrected chi connectivity index (χ1v) is 9.50. The summed E-state index contributed by atoms with van der Waals surface area (Å²) in [5, 5.41) is 3.78. The number of nitrogens with one attached hydrogen (secondary N) is 1. The predicted octanol–water partition coefficient (Wildman–Crippen LogP) is 5.68. The van der Waals surface area contributed by atoms with Crippen LogP contribution in [0.2, 0.25) is 0 Å². The predicted molar refractivity (Wildman–Crippen MR) is 100 cm³/mol. The van der Waals surface area contributed by atoms with Gasteiger partial charge in [0.15, 0.2) is 0 Å². The fraction of sp³-hybridized carbons (Fsp3) is 0.545. The summed E-state index contributed by atoms with van der Waals surface area (Å²) in [5.74, 6) is 0.656. The number of rotatable bonds is 1. The average molecular weight is 341 g/mol. The van der Waals surface area contributed by atoms with E-state index in [1.54, 1.807) is 12.2 Å². The first kappa shape index (κ1) is 16.8. The lowest BCUT2D eigenvalue weighted by Gasteiger charge is -2.46. The Morgan fingerprint density at radius 1 is 1.24 bits per heavy atom. The van der Waals surface area contributed by atoms with E-state index in [1.165, 1.54) is 16.8 Å². The molecule has 2 nitrogen and oxygen atoms in total. The van der Waals surface area contributed by atoms with Crippen molar-refractivity contribution in [1.29, 1.82) is 0 Å². The van der Waals surface area contributed by atoms with Crippen molar-refractivity contribution in [2.45, 2.75) is 57.6 Å². The Morgan fingerprint density at radius 3 is 2.80 bits per heavy atom. The van der Waals surface area contributed by atoms with Gasteiger partial charge >= 0.3 is 0 Å². The van der Waals surface area contributed by atoms with Crippen LogP contribution in [0.5, 0.6) is 0 Å². The Hall–Kier alpha value is -1.61. The third-order valence-corrected chi connectivity index (χ3v) is 5.92. The van der Waals surface area contributed by atoms with Crippen molar-refractivity contribution in [2.24, 2.45) is 11.8 Å². The fourth-order valence-corrected chi connectivity index (χ4v) is 4.48. The number of hydrogen-bond donors (Lipinski definition) is 1. The molecule has 0 radical (unpaired) electrons. The van der Waals surface area contributed by atoms with Crippen LogP contribution in [-0.2, 0) is 10.2 Å². The average Bonchev–Trinajstić information content (AvgIpc) is 2.60. The number of ether oxygens (including phenoxy) is 1. The van der Waals surface area contributed by atoms with Gasteiger partial charge in [0.05, 0.1) is 6.10 Å². The molecule has 0 spiro atoms. The number of halogens is 1. The van der Waals surface area contributed by atoms with Gasteiger partial charge in [-0.05, 0) is 48.5 Å². The molecule has 4 rings (SSSR count). The second-order valence-corrected chi connectivity index (χ2v) is 8.67. The Labute approximate surface area is 150 Å². The molecule has 1 fully saturated rings. The fourth-order valence-electron chi connectivity index (χ4n) is 4.48.